The standard InChI is InChI=1S/C31H45NO3.C9H16N2O2.C9H19NO2.C5H6O3/c1-4-5-6-7-8-9-10-11-12-13-14-15-16-17-18-19-20-21-22-24-30(34)25-23-28-32(3)31(35)27-26-29(2)33;1-8(12)4-5-9(13)11(3)7-6-10-2;1-6-7-10(5)8(11)12-9(2,3)4;1-4(6)2-3-5(7)8/h5-6,8-9,11-12,14-15,17-18,20-21,26-27H,4,7,10,13,16,19,22-25,28H2,1-3H3;4-5,10H,6-7H2,1-3H3;6-7H2,1-5H3;2-3H,1H3,(H,7,8)/b6-5-,9-8-,12-11-,15-14-,18-17-,21-20-,27-26+;5-4+;;3-2+. The van der Waals surface area contributed by atoms with E-state index in [0.29, 0.717) is 32.4 Å². The van der Waals surface area contributed by atoms with Gasteiger partial charge in [-0.05, 0) is 125 Å². The Morgan fingerprint density at radius 1 is 0.529 bits per heavy atom. The first-order valence-corrected chi connectivity index (χ1v) is 23.3. The van der Waals surface area contributed by atoms with Crippen LogP contribution in [0.5, 0.6) is 0 Å². The van der Waals surface area contributed by atoms with Crippen LogP contribution in [0.1, 0.15) is 126 Å². The Bertz CT molecular complexity index is 1710. The second-order valence-corrected chi connectivity index (χ2v) is 16.3. The second-order valence-electron chi connectivity index (χ2n) is 16.3. The van der Waals surface area contributed by atoms with Crippen molar-refractivity contribution in [1.29, 1.82) is 0 Å². The van der Waals surface area contributed by atoms with E-state index in [0.717, 1.165) is 76.6 Å². The number of amides is 3. The van der Waals surface area contributed by atoms with Gasteiger partial charge in [0.15, 0.2) is 17.3 Å². The van der Waals surface area contributed by atoms with Crippen LogP contribution >= 0.6 is 0 Å². The fourth-order valence-electron chi connectivity index (χ4n) is 4.61. The number of hydrogen-bond donors (Lipinski definition) is 2. The summed E-state index contributed by atoms with van der Waals surface area (Å²) in [6.07, 6.45) is 41.9. The SMILES string of the molecule is CC(=O)/C=C/C(=O)O.CC/C=C\C/C=C\C/C=C\C/C=C\C/C=C\C/C=C\CCC(=O)CCCN(C)C(=O)/C=C/C(C)=O.CCCN(C)C(=O)OC(C)(C)C.CNCCN(C)C(=O)/C=C/C(C)=O. The minimum absolute atomic E-state index is 0.115. The van der Waals surface area contributed by atoms with Gasteiger partial charge in [0.1, 0.15) is 11.4 Å². The number of carbonyl (C=O) groups is 8. The molecule has 0 aliphatic carbocycles. The molecule has 0 aromatic heterocycles. The van der Waals surface area contributed by atoms with Crippen LogP contribution in [0, 0.1) is 0 Å². The lowest BCUT2D eigenvalue weighted by Crippen LogP contribution is -2.34. The van der Waals surface area contributed by atoms with Gasteiger partial charge < -0.3 is 29.9 Å². The minimum Gasteiger partial charge on any atom is -0.478 e. The van der Waals surface area contributed by atoms with Crippen molar-refractivity contribution in [2.24, 2.45) is 0 Å². The summed E-state index contributed by atoms with van der Waals surface area (Å²) in [5, 5.41) is 10.9. The van der Waals surface area contributed by atoms with Crippen molar-refractivity contribution in [2.75, 3.05) is 54.4 Å². The van der Waals surface area contributed by atoms with Crippen molar-refractivity contribution in [3.05, 3.63) is 109 Å². The van der Waals surface area contributed by atoms with Gasteiger partial charge in [-0.2, -0.15) is 0 Å². The molecule has 0 heterocycles. The molecule has 382 valence electrons. The maximum atomic E-state index is 12.0. The van der Waals surface area contributed by atoms with Crippen LogP contribution in [-0.4, -0.2) is 127 Å². The summed E-state index contributed by atoms with van der Waals surface area (Å²) in [6.45, 7) is 16.5. The predicted molar refractivity (Wildman–Crippen MR) is 277 cm³/mol. The highest BCUT2D eigenvalue weighted by molar-refractivity contribution is 5.97. The summed E-state index contributed by atoms with van der Waals surface area (Å²) in [5.41, 5.74) is -0.390. The van der Waals surface area contributed by atoms with E-state index in [4.69, 9.17) is 9.84 Å². The average Bonchev–Trinajstić information content (AvgIpc) is 3.26. The molecule has 0 unspecified atom stereocenters. The summed E-state index contributed by atoms with van der Waals surface area (Å²) in [4.78, 5) is 91.9. The number of ether oxygens (including phenoxy) is 1. The number of carbonyl (C=O) groups excluding carboxylic acids is 7. The Morgan fingerprint density at radius 2 is 0.926 bits per heavy atom. The molecule has 0 atom stereocenters. The number of likely N-dealkylation sites (N-methyl/N-ethyl adjacent to an activating group) is 3. The lowest BCUT2D eigenvalue weighted by Gasteiger charge is -2.24. The van der Waals surface area contributed by atoms with Gasteiger partial charge in [-0.25, -0.2) is 9.59 Å². The lowest BCUT2D eigenvalue weighted by atomic mass is 10.1. The Hall–Kier alpha value is -6.02. The number of Topliss-reactive ketones (excluding diaryl/α,β-unsaturated/α-hetero) is 1. The molecular formula is C54H86N4O10. The number of nitrogens with zero attached hydrogens (tertiary/aromatic N) is 3. The molecule has 0 aliphatic rings. The number of allylic oxidation sites excluding steroid dienone is 15. The zero-order valence-electron chi connectivity index (χ0n) is 43.5. The van der Waals surface area contributed by atoms with E-state index in [2.05, 4.69) is 85.2 Å². The van der Waals surface area contributed by atoms with Crippen LogP contribution in [0.2, 0.25) is 0 Å². The lowest BCUT2D eigenvalue weighted by molar-refractivity contribution is -0.131. The molecule has 0 saturated carbocycles. The third-order valence-electron chi connectivity index (χ3n) is 8.23. The molecule has 0 saturated heterocycles. The molecule has 0 fully saturated rings. The number of carboxylic acids is 1. The van der Waals surface area contributed by atoms with Crippen LogP contribution in [0.15, 0.2) is 109 Å². The van der Waals surface area contributed by atoms with Gasteiger partial charge in [0, 0.05) is 78.4 Å². The molecule has 3 amide bonds. The molecule has 0 rings (SSSR count). The highest BCUT2D eigenvalue weighted by atomic mass is 16.6. The minimum atomic E-state index is -1.10. The molecule has 0 spiro atoms. The Balaban J connectivity index is -0.000000500. The highest BCUT2D eigenvalue weighted by Crippen LogP contribution is 2.09. The van der Waals surface area contributed by atoms with Crippen LogP contribution in [0.25, 0.3) is 0 Å². The third kappa shape index (κ3) is 58.0. The van der Waals surface area contributed by atoms with Crippen molar-refractivity contribution in [2.45, 2.75) is 132 Å². The number of aliphatic carboxylic acids is 1. The van der Waals surface area contributed by atoms with Gasteiger partial charge in [0.25, 0.3) is 0 Å². The first-order chi connectivity index (χ1) is 32.0. The number of nitrogens with one attached hydrogen (secondary N) is 1. The molecule has 0 radical (unpaired) electrons. The highest BCUT2D eigenvalue weighted by Gasteiger charge is 2.18. The second kappa shape index (κ2) is 47.5. The molecule has 14 nitrogen and oxygen atoms in total. The van der Waals surface area contributed by atoms with E-state index in [9.17, 15) is 38.4 Å². The number of ketones is 4. The summed E-state index contributed by atoms with van der Waals surface area (Å²) in [5.74, 6) is -1.78. The van der Waals surface area contributed by atoms with E-state index in [1.54, 1.807) is 30.9 Å². The van der Waals surface area contributed by atoms with Crippen LogP contribution in [0.4, 0.5) is 4.79 Å². The number of carboxylic acid groups (broad SMARTS) is 1. The molecule has 0 aromatic carbocycles. The maximum absolute atomic E-state index is 12.0. The smallest absolute Gasteiger partial charge is 0.410 e. The molecule has 0 bridgehead atoms. The fourth-order valence-corrected chi connectivity index (χ4v) is 4.61. The molecule has 2 N–H and O–H groups in total. The van der Waals surface area contributed by atoms with Crippen LogP contribution in [-0.2, 0) is 38.3 Å². The van der Waals surface area contributed by atoms with Crippen molar-refractivity contribution < 1.29 is 48.2 Å². The number of hydrogen-bond acceptors (Lipinski definition) is 10. The van der Waals surface area contributed by atoms with Gasteiger partial charge in [-0.15, -0.1) is 0 Å². The molecular weight excluding hydrogens is 865 g/mol. The normalized spacial score (nSPS) is 11.6. The number of rotatable bonds is 29. The van der Waals surface area contributed by atoms with Gasteiger partial charge in [0.2, 0.25) is 11.8 Å². The van der Waals surface area contributed by atoms with Gasteiger partial charge in [0.05, 0.1) is 0 Å². The Morgan fingerprint density at radius 3 is 1.28 bits per heavy atom. The van der Waals surface area contributed by atoms with Gasteiger partial charge in [-0.3, -0.25) is 28.8 Å². The molecule has 0 aromatic rings. The Labute approximate surface area is 409 Å². The van der Waals surface area contributed by atoms with E-state index in [-0.39, 0.29) is 46.6 Å². The zero-order chi connectivity index (χ0) is 52.6. The van der Waals surface area contributed by atoms with Crippen LogP contribution in [0.3, 0.4) is 0 Å². The Kier molecular flexibility index (Phi) is 47.9. The summed E-state index contributed by atoms with van der Waals surface area (Å²) >= 11 is 0. The average molecular weight is 951 g/mol. The van der Waals surface area contributed by atoms with E-state index < -0.39 is 5.97 Å². The maximum Gasteiger partial charge on any atom is 0.410 e. The largest absolute Gasteiger partial charge is 0.478 e. The summed E-state index contributed by atoms with van der Waals surface area (Å²) in [6, 6.07) is 0. The first kappa shape index (κ1) is 68.6. The van der Waals surface area contributed by atoms with Gasteiger partial charge >= 0.3 is 12.1 Å². The predicted octanol–water partition coefficient (Wildman–Crippen LogP) is 9.71. The summed E-state index contributed by atoms with van der Waals surface area (Å²) < 4.78 is 5.14. The van der Waals surface area contributed by atoms with Crippen molar-refractivity contribution in [1.82, 2.24) is 20.0 Å². The molecule has 68 heavy (non-hydrogen) atoms. The van der Waals surface area contributed by atoms with Crippen molar-refractivity contribution in [3.63, 3.8) is 0 Å². The van der Waals surface area contributed by atoms with E-state index >= 15 is 0 Å². The topological polar surface area (TPSA) is 188 Å². The molecule has 0 aliphatic heterocycles. The van der Waals surface area contributed by atoms with E-state index in [1.165, 1.54) is 50.0 Å². The molecule has 14 heteroatoms. The fraction of sp³-hybridized carbons (Fsp3) is 0.519. The van der Waals surface area contributed by atoms with Gasteiger partial charge in [-0.1, -0.05) is 86.8 Å². The van der Waals surface area contributed by atoms with E-state index in [1.807, 2.05) is 34.7 Å². The zero-order valence-corrected chi connectivity index (χ0v) is 43.5. The quantitative estimate of drug-likeness (QED) is 0.0537. The van der Waals surface area contributed by atoms with Crippen molar-refractivity contribution >= 4 is 47.0 Å². The first-order valence-electron chi connectivity index (χ1n) is 23.3. The van der Waals surface area contributed by atoms with Crippen molar-refractivity contribution in [3.8, 4) is 0 Å². The van der Waals surface area contributed by atoms with Crippen LogP contribution < -0.4 is 5.32 Å². The monoisotopic (exact) mass is 951 g/mol. The third-order valence-corrected chi connectivity index (χ3v) is 8.23. The summed E-state index contributed by atoms with van der Waals surface area (Å²) in [7, 11) is 6.94.